The molecule has 0 saturated carbocycles. The van der Waals surface area contributed by atoms with Crippen LogP contribution in [0.2, 0.25) is 0 Å². The molecule has 106 valence electrons. The summed E-state index contributed by atoms with van der Waals surface area (Å²) < 4.78 is 0. The lowest BCUT2D eigenvalue weighted by Gasteiger charge is -2.42. The van der Waals surface area contributed by atoms with Crippen LogP contribution in [-0.4, -0.2) is 25.2 Å². The fraction of sp³-hybridized carbons (Fsp3) is 0.647. The van der Waals surface area contributed by atoms with Crippen molar-refractivity contribution in [2.75, 3.05) is 24.5 Å². The first-order valence-electron chi connectivity index (χ1n) is 7.28. The average Bonchev–Trinajstić information content (AvgIpc) is 2.39. The van der Waals surface area contributed by atoms with Crippen LogP contribution in [0.4, 0.5) is 5.69 Å². The number of anilines is 1. The van der Waals surface area contributed by atoms with E-state index in [1.807, 2.05) is 0 Å². The molecule has 2 heteroatoms. The Labute approximate surface area is 118 Å². The van der Waals surface area contributed by atoms with Gasteiger partial charge in [-0.25, -0.2) is 0 Å². The van der Waals surface area contributed by atoms with Gasteiger partial charge in [-0.2, -0.15) is 0 Å². The first-order chi connectivity index (χ1) is 8.73. The van der Waals surface area contributed by atoms with Crippen LogP contribution < -0.4 is 10.2 Å². The summed E-state index contributed by atoms with van der Waals surface area (Å²) in [6, 6.07) is 6.65. The lowest BCUT2D eigenvalue weighted by molar-refractivity contribution is 0.365. The van der Waals surface area contributed by atoms with Crippen molar-refractivity contribution in [1.29, 1.82) is 0 Å². The van der Waals surface area contributed by atoms with Crippen LogP contribution in [-0.2, 0) is 0 Å². The van der Waals surface area contributed by atoms with Crippen LogP contribution in [0.5, 0.6) is 0 Å². The smallest absolute Gasteiger partial charge is 0.0470 e. The molecule has 19 heavy (non-hydrogen) atoms. The van der Waals surface area contributed by atoms with Crippen LogP contribution in [0, 0.1) is 19.3 Å². The fourth-order valence-electron chi connectivity index (χ4n) is 2.94. The predicted molar refractivity (Wildman–Crippen MR) is 84.0 cm³/mol. The summed E-state index contributed by atoms with van der Waals surface area (Å²) in [4.78, 5) is 2.59. The molecule has 1 aliphatic heterocycles. The highest BCUT2D eigenvalue weighted by Crippen LogP contribution is 2.33. The number of rotatable bonds is 1. The van der Waals surface area contributed by atoms with Crippen molar-refractivity contribution < 1.29 is 0 Å². The zero-order valence-electron chi connectivity index (χ0n) is 13.3. The molecule has 0 spiro atoms. The second kappa shape index (κ2) is 4.82. The Bertz CT molecular complexity index is 460. The van der Waals surface area contributed by atoms with Gasteiger partial charge in [-0.3, -0.25) is 0 Å². The lowest BCUT2D eigenvalue weighted by Crippen LogP contribution is -2.50. The Hall–Kier alpha value is -1.02. The Balaban J connectivity index is 2.46. The van der Waals surface area contributed by atoms with Crippen LogP contribution in [0.3, 0.4) is 0 Å². The maximum atomic E-state index is 3.62. The van der Waals surface area contributed by atoms with Crippen molar-refractivity contribution in [3.8, 4) is 0 Å². The molecule has 0 atom stereocenters. The van der Waals surface area contributed by atoms with Crippen molar-refractivity contribution in [2.45, 2.75) is 47.1 Å². The van der Waals surface area contributed by atoms with Gasteiger partial charge in [-0.15, -0.1) is 0 Å². The number of hydrogen-bond donors (Lipinski definition) is 1. The minimum absolute atomic E-state index is 0.145. The maximum Gasteiger partial charge on any atom is 0.0470 e. The molecule has 1 fully saturated rings. The Morgan fingerprint density at radius 1 is 1.05 bits per heavy atom. The number of aryl methyl sites for hydroxylation is 1. The van der Waals surface area contributed by atoms with Gasteiger partial charge in [0.05, 0.1) is 0 Å². The second-order valence-electron chi connectivity index (χ2n) is 7.39. The number of hydrogen-bond acceptors (Lipinski definition) is 2. The molecule has 1 aromatic carbocycles. The second-order valence-corrected chi connectivity index (χ2v) is 7.39. The SMILES string of the molecule is Cc1cccc(N2CC(C)(C)CNCC2(C)C)c1C. The van der Waals surface area contributed by atoms with Crippen molar-refractivity contribution >= 4 is 5.69 Å². The molecule has 1 N–H and O–H groups in total. The normalized spacial score (nSPS) is 22.1. The topological polar surface area (TPSA) is 15.3 Å². The molecular formula is C17H28N2. The summed E-state index contributed by atoms with van der Waals surface area (Å²) in [5, 5.41) is 3.62. The van der Waals surface area contributed by atoms with E-state index in [0.717, 1.165) is 19.6 Å². The number of benzene rings is 1. The van der Waals surface area contributed by atoms with Crippen molar-refractivity contribution in [1.82, 2.24) is 5.32 Å². The third-order valence-electron chi connectivity index (χ3n) is 4.34. The molecule has 1 aliphatic rings. The molecule has 1 aromatic rings. The van der Waals surface area contributed by atoms with E-state index in [1.54, 1.807) is 0 Å². The average molecular weight is 260 g/mol. The van der Waals surface area contributed by atoms with Gasteiger partial charge in [0.2, 0.25) is 0 Å². The van der Waals surface area contributed by atoms with Crippen LogP contribution in [0.15, 0.2) is 18.2 Å². The lowest BCUT2D eigenvalue weighted by atomic mass is 9.91. The first kappa shape index (κ1) is 14.4. The summed E-state index contributed by atoms with van der Waals surface area (Å²) in [6.45, 7) is 17.0. The highest BCUT2D eigenvalue weighted by atomic mass is 15.2. The van der Waals surface area contributed by atoms with Gasteiger partial charge in [-0.1, -0.05) is 26.0 Å². The largest absolute Gasteiger partial charge is 0.364 e. The molecule has 0 unspecified atom stereocenters. The fourth-order valence-corrected chi connectivity index (χ4v) is 2.94. The van der Waals surface area contributed by atoms with Crippen LogP contribution in [0.25, 0.3) is 0 Å². The quantitative estimate of drug-likeness (QED) is 0.831. The summed E-state index contributed by atoms with van der Waals surface area (Å²) in [5.74, 6) is 0. The molecule has 1 saturated heterocycles. The molecule has 0 bridgehead atoms. The monoisotopic (exact) mass is 260 g/mol. The van der Waals surface area contributed by atoms with E-state index in [0.29, 0.717) is 5.41 Å². The van der Waals surface area contributed by atoms with Crippen LogP contribution >= 0.6 is 0 Å². The molecule has 0 aliphatic carbocycles. The van der Waals surface area contributed by atoms with E-state index in [-0.39, 0.29) is 5.54 Å². The summed E-state index contributed by atoms with van der Waals surface area (Å²) >= 11 is 0. The van der Waals surface area contributed by atoms with Gasteiger partial charge < -0.3 is 10.2 Å². The predicted octanol–water partition coefficient (Wildman–Crippen LogP) is 3.52. The summed E-state index contributed by atoms with van der Waals surface area (Å²) in [6.07, 6.45) is 0. The molecule has 0 aromatic heterocycles. The van der Waals surface area contributed by atoms with Gasteiger partial charge in [-0.05, 0) is 50.3 Å². The minimum Gasteiger partial charge on any atom is -0.364 e. The van der Waals surface area contributed by atoms with Gasteiger partial charge in [0.25, 0.3) is 0 Å². The third-order valence-corrected chi connectivity index (χ3v) is 4.34. The first-order valence-corrected chi connectivity index (χ1v) is 7.28. The van der Waals surface area contributed by atoms with E-state index in [9.17, 15) is 0 Å². The number of nitrogens with one attached hydrogen (secondary N) is 1. The van der Waals surface area contributed by atoms with E-state index >= 15 is 0 Å². The number of nitrogens with zero attached hydrogens (tertiary/aromatic N) is 1. The molecular weight excluding hydrogens is 232 g/mol. The minimum atomic E-state index is 0.145. The molecule has 0 amide bonds. The van der Waals surface area contributed by atoms with E-state index < -0.39 is 0 Å². The van der Waals surface area contributed by atoms with Gasteiger partial charge >= 0.3 is 0 Å². The van der Waals surface area contributed by atoms with Crippen LogP contribution in [0.1, 0.15) is 38.8 Å². The highest BCUT2D eigenvalue weighted by molar-refractivity contribution is 5.58. The zero-order chi connectivity index (χ0) is 14.3. The standard InChI is InChI=1S/C17H28N2/c1-13-8-7-9-15(14(13)2)19-12-16(3,4)10-18-11-17(19,5)6/h7-9,18H,10-12H2,1-6H3. The maximum absolute atomic E-state index is 3.62. The Kier molecular flexibility index (Phi) is 3.65. The third kappa shape index (κ3) is 2.94. The molecule has 2 nitrogen and oxygen atoms in total. The molecule has 0 radical (unpaired) electrons. The molecule has 1 heterocycles. The Morgan fingerprint density at radius 2 is 1.74 bits per heavy atom. The van der Waals surface area contributed by atoms with E-state index in [2.05, 4.69) is 70.0 Å². The molecule has 2 rings (SSSR count). The van der Waals surface area contributed by atoms with Crippen molar-refractivity contribution in [3.63, 3.8) is 0 Å². The summed E-state index contributed by atoms with van der Waals surface area (Å²) in [7, 11) is 0. The van der Waals surface area contributed by atoms with Gasteiger partial charge in [0.15, 0.2) is 0 Å². The van der Waals surface area contributed by atoms with E-state index in [4.69, 9.17) is 0 Å². The van der Waals surface area contributed by atoms with Crippen molar-refractivity contribution in [3.05, 3.63) is 29.3 Å². The van der Waals surface area contributed by atoms with Crippen molar-refractivity contribution in [2.24, 2.45) is 5.41 Å². The zero-order valence-corrected chi connectivity index (χ0v) is 13.3. The van der Waals surface area contributed by atoms with Gasteiger partial charge in [0, 0.05) is 30.9 Å². The van der Waals surface area contributed by atoms with E-state index in [1.165, 1.54) is 16.8 Å². The highest BCUT2D eigenvalue weighted by Gasteiger charge is 2.35. The Morgan fingerprint density at radius 3 is 2.42 bits per heavy atom. The summed E-state index contributed by atoms with van der Waals surface area (Å²) in [5.41, 5.74) is 4.62. The van der Waals surface area contributed by atoms with Gasteiger partial charge in [0.1, 0.15) is 0 Å².